The molecule has 0 aliphatic heterocycles. The molecule has 2 unspecified atom stereocenters. The molecule has 0 bridgehead atoms. The van der Waals surface area contributed by atoms with Gasteiger partial charge in [-0.1, -0.05) is 37.3 Å². The third-order valence-electron chi connectivity index (χ3n) is 3.85. The van der Waals surface area contributed by atoms with Crippen LogP contribution in [-0.4, -0.2) is 24.3 Å². The first-order valence-corrected chi connectivity index (χ1v) is 6.90. The van der Waals surface area contributed by atoms with Crippen molar-refractivity contribution < 1.29 is 4.79 Å². The highest BCUT2D eigenvalue weighted by atomic mass is 16.1. The van der Waals surface area contributed by atoms with E-state index in [2.05, 4.69) is 43.1 Å². The highest BCUT2D eigenvalue weighted by Crippen LogP contribution is 2.26. The van der Waals surface area contributed by atoms with Crippen molar-refractivity contribution in [3.63, 3.8) is 0 Å². The Balaban J connectivity index is 1.87. The van der Waals surface area contributed by atoms with Gasteiger partial charge in [0.2, 0.25) is 0 Å². The van der Waals surface area contributed by atoms with E-state index in [0.717, 1.165) is 32.4 Å². The Hall–Kier alpha value is -1.15. The zero-order valence-corrected chi connectivity index (χ0v) is 11.4. The summed E-state index contributed by atoms with van der Waals surface area (Å²) in [4.78, 5) is 14.2. The van der Waals surface area contributed by atoms with Gasteiger partial charge in [0.05, 0.1) is 0 Å². The van der Waals surface area contributed by atoms with E-state index in [1.165, 1.54) is 5.56 Å². The standard InChI is InChI=1S/C16H23NO/c1-13-8-9-16(18)15(10-13)12-17(2)11-14-6-4-3-5-7-14/h3-7,13,15H,8-12H2,1-2H3. The molecule has 1 aromatic rings. The molecule has 0 spiro atoms. The molecular formula is C16H23NO. The number of rotatable bonds is 4. The van der Waals surface area contributed by atoms with Gasteiger partial charge in [0.25, 0.3) is 0 Å². The lowest BCUT2D eigenvalue weighted by Crippen LogP contribution is -2.34. The maximum atomic E-state index is 11.9. The van der Waals surface area contributed by atoms with Crippen LogP contribution in [0.2, 0.25) is 0 Å². The molecule has 1 aliphatic carbocycles. The number of ketones is 1. The molecule has 1 aromatic carbocycles. The number of benzene rings is 1. The van der Waals surface area contributed by atoms with E-state index < -0.39 is 0 Å². The Labute approximate surface area is 110 Å². The summed E-state index contributed by atoms with van der Waals surface area (Å²) < 4.78 is 0. The molecule has 1 saturated carbocycles. The van der Waals surface area contributed by atoms with Crippen LogP contribution in [0.5, 0.6) is 0 Å². The van der Waals surface area contributed by atoms with Gasteiger partial charge in [-0.2, -0.15) is 0 Å². The summed E-state index contributed by atoms with van der Waals surface area (Å²) in [5, 5.41) is 0. The number of Topliss-reactive ketones (excluding diaryl/α,β-unsaturated/α-hetero) is 1. The topological polar surface area (TPSA) is 20.3 Å². The van der Waals surface area contributed by atoms with Gasteiger partial charge in [0.15, 0.2) is 0 Å². The summed E-state index contributed by atoms with van der Waals surface area (Å²) in [6.45, 7) is 4.09. The summed E-state index contributed by atoms with van der Waals surface area (Å²) in [5.74, 6) is 1.42. The highest BCUT2D eigenvalue weighted by molar-refractivity contribution is 5.81. The molecule has 98 valence electrons. The molecule has 0 amide bonds. The maximum Gasteiger partial charge on any atom is 0.137 e. The predicted octanol–water partition coefficient (Wildman–Crippen LogP) is 3.12. The van der Waals surface area contributed by atoms with Crippen LogP contribution in [-0.2, 0) is 11.3 Å². The fourth-order valence-electron chi connectivity index (χ4n) is 2.84. The first-order valence-electron chi connectivity index (χ1n) is 6.90. The first kappa shape index (κ1) is 13.3. The normalized spacial score (nSPS) is 24.5. The molecule has 1 fully saturated rings. The number of nitrogens with zero attached hydrogens (tertiary/aromatic N) is 1. The molecule has 0 radical (unpaired) electrons. The van der Waals surface area contributed by atoms with Gasteiger partial charge < -0.3 is 4.90 Å². The first-order chi connectivity index (χ1) is 8.65. The van der Waals surface area contributed by atoms with Crippen LogP contribution >= 0.6 is 0 Å². The Kier molecular flexibility index (Phi) is 4.54. The van der Waals surface area contributed by atoms with Crippen LogP contribution in [0, 0.1) is 11.8 Å². The minimum atomic E-state index is 0.252. The van der Waals surface area contributed by atoms with Gasteiger partial charge in [-0.25, -0.2) is 0 Å². The van der Waals surface area contributed by atoms with Gasteiger partial charge >= 0.3 is 0 Å². The molecule has 18 heavy (non-hydrogen) atoms. The molecule has 0 heterocycles. The number of hydrogen-bond acceptors (Lipinski definition) is 2. The van der Waals surface area contributed by atoms with Gasteiger partial charge in [0, 0.05) is 25.4 Å². The minimum absolute atomic E-state index is 0.252. The van der Waals surface area contributed by atoms with E-state index >= 15 is 0 Å². The van der Waals surface area contributed by atoms with Crippen molar-refractivity contribution in [2.45, 2.75) is 32.7 Å². The predicted molar refractivity (Wildman–Crippen MR) is 74.3 cm³/mol. The van der Waals surface area contributed by atoms with Crippen molar-refractivity contribution >= 4 is 5.78 Å². The molecule has 1 aliphatic rings. The van der Waals surface area contributed by atoms with Crippen molar-refractivity contribution in [1.82, 2.24) is 4.90 Å². The summed E-state index contributed by atoms with van der Waals surface area (Å²) in [6.07, 6.45) is 2.93. The van der Waals surface area contributed by atoms with E-state index in [4.69, 9.17) is 0 Å². The van der Waals surface area contributed by atoms with Crippen LogP contribution in [0.3, 0.4) is 0 Å². The van der Waals surface area contributed by atoms with Gasteiger partial charge in [0.1, 0.15) is 5.78 Å². The third kappa shape index (κ3) is 3.67. The number of carbonyl (C=O) groups excluding carboxylic acids is 1. The molecular weight excluding hydrogens is 222 g/mol. The molecule has 0 N–H and O–H groups in total. The van der Waals surface area contributed by atoms with E-state index in [0.29, 0.717) is 11.7 Å². The summed E-state index contributed by atoms with van der Waals surface area (Å²) in [6, 6.07) is 10.5. The van der Waals surface area contributed by atoms with Gasteiger partial charge in [-0.05, 0) is 31.4 Å². The molecule has 2 atom stereocenters. The second-order valence-corrected chi connectivity index (χ2v) is 5.73. The highest BCUT2D eigenvalue weighted by Gasteiger charge is 2.27. The zero-order chi connectivity index (χ0) is 13.0. The molecule has 2 rings (SSSR count). The molecule has 0 aromatic heterocycles. The summed E-state index contributed by atoms with van der Waals surface area (Å²) >= 11 is 0. The lowest BCUT2D eigenvalue weighted by atomic mass is 9.81. The number of hydrogen-bond donors (Lipinski definition) is 0. The third-order valence-corrected chi connectivity index (χ3v) is 3.85. The quantitative estimate of drug-likeness (QED) is 0.812. The monoisotopic (exact) mass is 245 g/mol. The lowest BCUT2D eigenvalue weighted by Gasteiger charge is -2.29. The van der Waals surface area contributed by atoms with Crippen molar-refractivity contribution in [3.8, 4) is 0 Å². The van der Waals surface area contributed by atoms with Crippen LogP contribution in [0.4, 0.5) is 0 Å². The van der Waals surface area contributed by atoms with Crippen molar-refractivity contribution in [2.75, 3.05) is 13.6 Å². The Morgan fingerprint density at radius 3 is 2.72 bits per heavy atom. The maximum absolute atomic E-state index is 11.9. The largest absolute Gasteiger partial charge is 0.301 e. The fraction of sp³-hybridized carbons (Fsp3) is 0.562. The molecule has 2 nitrogen and oxygen atoms in total. The van der Waals surface area contributed by atoms with Gasteiger partial charge in [-0.15, -0.1) is 0 Å². The van der Waals surface area contributed by atoms with Crippen molar-refractivity contribution in [3.05, 3.63) is 35.9 Å². The average Bonchev–Trinajstić information content (AvgIpc) is 2.35. The van der Waals surface area contributed by atoms with E-state index in [1.54, 1.807) is 0 Å². The van der Waals surface area contributed by atoms with Crippen molar-refractivity contribution in [2.24, 2.45) is 11.8 Å². The lowest BCUT2D eigenvalue weighted by molar-refractivity contribution is -0.126. The van der Waals surface area contributed by atoms with E-state index in [-0.39, 0.29) is 5.92 Å². The van der Waals surface area contributed by atoms with Crippen LogP contribution < -0.4 is 0 Å². The summed E-state index contributed by atoms with van der Waals surface area (Å²) in [7, 11) is 2.11. The zero-order valence-electron chi connectivity index (χ0n) is 11.4. The van der Waals surface area contributed by atoms with E-state index in [9.17, 15) is 4.79 Å². The Morgan fingerprint density at radius 2 is 2.00 bits per heavy atom. The Morgan fingerprint density at radius 1 is 1.28 bits per heavy atom. The SMILES string of the molecule is CC1CCC(=O)C(CN(C)Cc2ccccc2)C1. The fourth-order valence-corrected chi connectivity index (χ4v) is 2.84. The van der Waals surface area contributed by atoms with E-state index in [1.807, 2.05) is 6.07 Å². The Bertz CT molecular complexity index is 387. The smallest absolute Gasteiger partial charge is 0.137 e. The van der Waals surface area contributed by atoms with Crippen LogP contribution in [0.25, 0.3) is 0 Å². The van der Waals surface area contributed by atoms with Crippen LogP contribution in [0.15, 0.2) is 30.3 Å². The second kappa shape index (κ2) is 6.14. The minimum Gasteiger partial charge on any atom is -0.301 e. The molecule has 2 heteroatoms. The number of carbonyl (C=O) groups is 1. The molecule has 0 saturated heterocycles. The van der Waals surface area contributed by atoms with Gasteiger partial charge in [-0.3, -0.25) is 4.79 Å². The van der Waals surface area contributed by atoms with Crippen molar-refractivity contribution in [1.29, 1.82) is 0 Å². The average molecular weight is 245 g/mol. The summed E-state index contributed by atoms with van der Waals surface area (Å²) in [5.41, 5.74) is 1.32. The second-order valence-electron chi connectivity index (χ2n) is 5.73. The van der Waals surface area contributed by atoms with Crippen LogP contribution in [0.1, 0.15) is 31.7 Å².